The van der Waals surface area contributed by atoms with E-state index in [4.69, 9.17) is 9.47 Å². The second-order valence-corrected chi connectivity index (χ2v) is 7.12. The smallest absolute Gasteiger partial charge is 0.338 e. The van der Waals surface area contributed by atoms with E-state index in [1.54, 1.807) is 55.0 Å². The van der Waals surface area contributed by atoms with Crippen LogP contribution in [0.15, 0.2) is 85.5 Å². The van der Waals surface area contributed by atoms with Crippen molar-refractivity contribution in [2.75, 3.05) is 7.11 Å². The van der Waals surface area contributed by atoms with Crippen LogP contribution < -0.4 is 4.74 Å². The maximum absolute atomic E-state index is 13.5. The van der Waals surface area contributed by atoms with Gasteiger partial charge >= 0.3 is 5.97 Å². The molecule has 1 aromatic heterocycles. The van der Waals surface area contributed by atoms with Gasteiger partial charge in [0, 0.05) is 12.4 Å². The van der Waals surface area contributed by atoms with E-state index >= 15 is 0 Å². The van der Waals surface area contributed by atoms with Crippen LogP contribution in [-0.2, 0) is 11.3 Å². The standard InChI is InChI=1S/C25H20F2N2O3/c1-31-25(30)22-11-10-21(14-23(22)17-2-6-19(26)7-3-17)32-24(15-29-13-12-28-16-29)18-4-8-20(27)9-5-18/h2-14,16,24H,15H2,1H3. The van der Waals surface area contributed by atoms with Gasteiger partial charge < -0.3 is 14.0 Å². The molecule has 0 aliphatic rings. The number of hydrogen-bond acceptors (Lipinski definition) is 4. The molecule has 1 heterocycles. The van der Waals surface area contributed by atoms with Crippen molar-refractivity contribution in [3.63, 3.8) is 0 Å². The summed E-state index contributed by atoms with van der Waals surface area (Å²) in [5.41, 5.74) is 2.31. The third-order valence-electron chi connectivity index (χ3n) is 5.01. The van der Waals surface area contributed by atoms with Crippen LogP contribution in [0.3, 0.4) is 0 Å². The normalized spacial score (nSPS) is 11.7. The maximum Gasteiger partial charge on any atom is 0.338 e. The minimum absolute atomic E-state index is 0.333. The summed E-state index contributed by atoms with van der Waals surface area (Å²) in [6.07, 6.45) is 4.70. The van der Waals surface area contributed by atoms with Gasteiger partial charge in [-0.1, -0.05) is 24.3 Å². The van der Waals surface area contributed by atoms with Crippen LogP contribution in [0, 0.1) is 11.6 Å². The van der Waals surface area contributed by atoms with E-state index in [0.717, 1.165) is 5.56 Å². The van der Waals surface area contributed by atoms with Gasteiger partial charge in [0.2, 0.25) is 0 Å². The Morgan fingerprint density at radius 2 is 1.69 bits per heavy atom. The third kappa shape index (κ3) is 4.83. The van der Waals surface area contributed by atoms with Crippen LogP contribution in [0.25, 0.3) is 11.1 Å². The lowest BCUT2D eigenvalue weighted by atomic mass is 9.99. The van der Waals surface area contributed by atoms with Gasteiger partial charge in [0.15, 0.2) is 0 Å². The molecule has 0 spiro atoms. The number of benzene rings is 3. The van der Waals surface area contributed by atoms with E-state index in [0.29, 0.717) is 29.0 Å². The quantitative estimate of drug-likeness (QED) is 0.364. The van der Waals surface area contributed by atoms with Crippen LogP contribution in [-0.4, -0.2) is 22.6 Å². The van der Waals surface area contributed by atoms with Crippen LogP contribution in [0.1, 0.15) is 22.0 Å². The predicted molar refractivity (Wildman–Crippen MR) is 115 cm³/mol. The molecular formula is C25H20F2N2O3. The zero-order valence-electron chi connectivity index (χ0n) is 17.2. The molecule has 3 aromatic carbocycles. The molecule has 0 radical (unpaired) electrons. The van der Waals surface area contributed by atoms with Gasteiger partial charge in [-0.2, -0.15) is 0 Å². The van der Waals surface area contributed by atoms with Crippen LogP contribution in [0.2, 0.25) is 0 Å². The number of carbonyl (C=O) groups excluding carboxylic acids is 1. The van der Waals surface area contributed by atoms with Crippen molar-refractivity contribution in [1.82, 2.24) is 9.55 Å². The van der Waals surface area contributed by atoms with Gasteiger partial charge in [0.1, 0.15) is 23.5 Å². The lowest BCUT2D eigenvalue weighted by molar-refractivity contribution is 0.0601. The van der Waals surface area contributed by atoms with Gasteiger partial charge in [0.25, 0.3) is 0 Å². The molecule has 4 rings (SSSR count). The second kappa shape index (κ2) is 9.43. The Balaban J connectivity index is 1.71. The van der Waals surface area contributed by atoms with Gasteiger partial charge in [-0.15, -0.1) is 0 Å². The van der Waals surface area contributed by atoms with E-state index in [1.807, 2.05) is 10.8 Å². The number of ether oxygens (including phenoxy) is 2. The minimum Gasteiger partial charge on any atom is -0.484 e. The van der Waals surface area contributed by atoms with Crippen molar-refractivity contribution < 1.29 is 23.0 Å². The Bertz CT molecular complexity index is 1190. The molecule has 0 aliphatic carbocycles. The molecule has 32 heavy (non-hydrogen) atoms. The van der Waals surface area contributed by atoms with E-state index in [2.05, 4.69) is 4.98 Å². The molecule has 0 aliphatic heterocycles. The molecule has 0 bridgehead atoms. The number of nitrogens with zero attached hydrogens (tertiary/aromatic N) is 2. The van der Waals surface area contributed by atoms with Crippen molar-refractivity contribution >= 4 is 5.97 Å². The minimum atomic E-state index is -0.510. The number of rotatable bonds is 7. The highest BCUT2D eigenvalue weighted by molar-refractivity contribution is 5.97. The topological polar surface area (TPSA) is 53.4 Å². The number of esters is 1. The Morgan fingerprint density at radius 1 is 1.00 bits per heavy atom. The molecule has 5 nitrogen and oxygen atoms in total. The van der Waals surface area contributed by atoms with E-state index in [1.165, 1.54) is 31.4 Å². The Hall–Kier alpha value is -4.00. The molecule has 0 saturated heterocycles. The van der Waals surface area contributed by atoms with E-state index in [9.17, 15) is 13.6 Å². The predicted octanol–water partition coefficient (Wildman–Crippen LogP) is 5.44. The van der Waals surface area contributed by atoms with Crippen molar-refractivity contribution in [2.24, 2.45) is 0 Å². The third-order valence-corrected chi connectivity index (χ3v) is 5.01. The highest BCUT2D eigenvalue weighted by atomic mass is 19.1. The average Bonchev–Trinajstić information content (AvgIpc) is 3.32. The first-order valence-electron chi connectivity index (χ1n) is 9.89. The molecule has 4 aromatic rings. The molecule has 7 heteroatoms. The zero-order valence-corrected chi connectivity index (χ0v) is 17.2. The first-order valence-corrected chi connectivity index (χ1v) is 9.89. The van der Waals surface area contributed by atoms with E-state index in [-0.39, 0.29) is 11.6 Å². The summed E-state index contributed by atoms with van der Waals surface area (Å²) in [7, 11) is 1.30. The van der Waals surface area contributed by atoms with Crippen molar-refractivity contribution in [3.8, 4) is 16.9 Å². The van der Waals surface area contributed by atoms with Gasteiger partial charge in [-0.3, -0.25) is 0 Å². The zero-order chi connectivity index (χ0) is 22.5. The monoisotopic (exact) mass is 434 g/mol. The summed E-state index contributed by atoms with van der Waals surface area (Å²) < 4.78 is 39.9. The first-order chi connectivity index (χ1) is 15.5. The van der Waals surface area contributed by atoms with Gasteiger partial charge in [0.05, 0.1) is 25.5 Å². The molecule has 1 unspecified atom stereocenters. The lowest BCUT2D eigenvalue weighted by Crippen LogP contribution is -2.15. The van der Waals surface area contributed by atoms with Crippen molar-refractivity contribution in [1.29, 1.82) is 0 Å². The van der Waals surface area contributed by atoms with E-state index < -0.39 is 12.1 Å². The average molecular weight is 434 g/mol. The van der Waals surface area contributed by atoms with Crippen molar-refractivity contribution in [3.05, 3.63) is 108 Å². The Morgan fingerprint density at radius 3 is 2.31 bits per heavy atom. The number of imidazole rings is 1. The summed E-state index contributed by atoms with van der Waals surface area (Å²) in [6.45, 7) is 0.441. The Labute approximate surface area is 183 Å². The summed E-state index contributed by atoms with van der Waals surface area (Å²) in [5, 5.41) is 0. The highest BCUT2D eigenvalue weighted by Gasteiger charge is 2.18. The Kier molecular flexibility index (Phi) is 6.26. The number of carbonyl (C=O) groups is 1. The summed E-state index contributed by atoms with van der Waals surface area (Å²) in [4.78, 5) is 16.3. The van der Waals surface area contributed by atoms with Crippen LogP contribution in [0.5, 0.6) is 5.75 Å². The molecule has 162 valence electrons. The fourth-order valence-corrected chi connectivity index (χ4v) is 3.39. The molecule has 0 N–H and O–H groups in total. The maximum atomic E-state index is 13.5. The number of aromatic nitrogens is 2. The number of hydrogen-bond donors (Lipinski definition) is 0. The van der Waals surface area contributed by atoms with Crippen LogP contribution >= 0.6 is 0 Å². The second-order valence-electron chi connectivity index (χ2n) is 7.12. The summed E-state index contributed by atoms with van der Waals surface area (Å²) >= 11 is 0. The molecular weight excluding hydrogens is 414 g/mol. The largest absolute Gasteiger partial charge is 0.484 e. The van der Waals surface area contributed by atoms with Crippen LogP contribution in [0.4, 0.5) is 8.78 Å². The summed E-state index contributed by atoms with van der Waals surface area (Å²) in [6, 6.07) is 16.9. The molecule has 0 saturated carbocycles. The molecule has 0 amide bonds. The SMILES string of the molecule is COC(=O)c1ccc(OC(Cn2ccnc2)c2ccc(F)cc2)cc1-c1ccc(F)cc1. The number of halogens is 2. The van der Waals surface area contributed by atoms with Gasteiger partial charge in [-0.25, -0.2) is 18.6 Å². The summed E-state index contributed by atoms with van der Waals surface area (Å²) in [5.74, 6) is -0.732. The fourth-order valence-electron chi connectivity index (χ4n) is 3.39. The first kappa shape index (κ1) is 21.2. The van der Waals surface area contributed by atoms with Gasteiger partial charge in [-0.05, 0) is 59.2 Å². The number of methoxy groups -OCH3 is 1. The highest BCUT2D eigenvalue weighted by Crippen LogP contribution is 2.32. The molecule has 1 atom stereocenters. The molecule has 0 fully saturated rings. The fraction of sp³-hybridized carbons (Fsp3) is 0.120. The van der Waals surface area contributed by atoms with Crippen molar-refractivity contribution in [2.45, 2.75) is 12.6 Å². The lowest BCUT2D eigenvalue weighted by Gasteiger charge is -2.21.